The second-order valence-corrected chi connectivity index (χ2v) is 5.97. The number of carbonyl (C=O) groups excluding carboxylic acids is 1. The van der Waals surface area contributed by atoms with E-state index in [1.54, 1.807) is 20.2 Å². The van der Waals surface area contributed by atoms with Gasteiger partial charge in [-0.15, -0.1) is 30.6 Å². The number of halogens is 1. The lowest BCUT2D eigenvalue weighted by Gasteiger charge is -2.30. The lowest BCUT2D eigenvalue weighted by molar-refractivity contribution is -0.127. The van der Waals surface area contributed by atoms with Gasteiger partial charge in [-0.25, -0.2) is 4.99 Å². The van der Waals surface area contributed by atoms with Gasteiger partial charge in [0.05, 0.1) is 0 Å². The number of hydrogen-bond donors (Lipinski definition) is 2. The van der Waals surface area contributed by atoms with Crippen LogP contribution in [0.2, 0.25) is 0 Å². The molecule has 0 aliphatic carbocycles. The maximum absolute atomic E-state index is 11.6. The monoisotopic (exact) mass is 439 g/mol. The van der Waals surface area contributed by atoms with Gasteiger partial charge in [0.25, 0.3) is 0 Å². The molecule has 23 heavy (non-hydrogen) atoms. The van der Waals surface area contributed by atoms with Gasteiger partial charge < -0.3 is 15.5 Å². The Morgan fingerprint density at radius 1 is 1.17 bits per heavy atom. The van der Waals surface area contributed by atoms with Crippen LogP contribution in [0.5, 0.6) is 0 Å². The van der Waals surface area contributed by atoms with Gasteiger partial charge in [-0.3, -0.25) is 9.69 Å². The number of likely N-dealkylation sites (N-methyl/N-ethyl adjacent to an activating group) is 1. The molecule has 0 unspecified atom stereocenters. The average Bonchev–Trinajstić information content (AvgIpc) is 2.43. The first kappa shape index (κ1) is 24.4. The molecule has 0 aromatic carbocycles. The van der Waals surface area contributed by atoms with E-state index in [-0.39, 0.29) is 36.4 Å². The molecule has 1 amide bonds. The highest BCUT2D eigenvalue weighted by Crippen LogP contribution is 2.03. The first-order chi connectivity index (χ1) is 10.3. The van der Waals surface area contributed by atoms with E-state index in [0.717, 1.165) is 13.1 Å². The zero-order valence-corrected chi connectivity index (χ0v) is 17.8. The Bertz CT molecular complexity index is 361. The minimum atomic E-state index is -0.0225. The van der Waals surface area contributed by atoms with Crippen LogP contribution in [0.3, 0.4) is 0 Å². The Balaban J connectivity index is 0. The molecule has 0 aliphatic heterocycles. The van der Waals surface area contributed by atoms with E-state index in [2.05, 4.69) is 54.8 Å². The van der Waals surface area contributed by atoms with Gasteiger partial charge in [0.2, 0.25) is 5.91 Å². The average molecular weight is 439 g/mol. The minimum absolute atomic E-state index is 0. The standard InChI is InChI=1S/C16H33N5O.HI/c1-8-9-17-16(19-12-15(22)20(6)7)18-10-11-21(13(2)3)14(4)5;/h8,13-14H,1,9-12H2,2-7H3,(H2,17,18,19);1H. The van der Waals surface area contributed by atoms with Crippen LogP contribution < -0.4 is 10.6 Å². The quantitative estimate of drug-likeness (QED) is 0.248. The third-order valence-electron chi connectivity index (χ3n) is 3.27. The maximum atomic E-state index is 11.6. The molecule has 0 saturated carbocycles. The van der Waals surface area contributed by atoms with E-state index in [4.69, 9.17) is 0 Å². The largest absolute Gasteiger partial charge is 0.355 e. The summed E-state index contributed by atoms with van der Waals surface area (Å²) < 4.78 is 0. The van der Waals surface area contributed by atoms with Crippen LogP contribution in [-0.2, 0) is 4.79 Å². The molecule has 0 rings (SSSR count). The third-order valence-corrected chi connectivity index (χ3v) is 3.27. The molecule has 7 heteroatoms. The van der Waals surface area contributed by atoms with Crippen molar-refractivity contribution in [2.75, 3.05) is 40.3 Å². The summed E-state index contributed by atoms with van der Waals surface area (Å²) >= 11 is 0. The van der Waals surface area contributed by atoms with Crippen LogP contribution >= 0.6 is 24.0 Å². The first-order valence-corrected chi connectivity index (χ1v) is 7.88. The predicted octanol–water partition coefficient (Wildman–Crippen LogP) is 1.53. The van der Waals surface area contributed by atoms with Crippen molar-refractivity contribution < 1.29 is 4.79 Å². The summed E-state index contributed by atoms with van der Waals surface area (Å²) in [6.07, 6.45) is 1.76. The van der Waals surface area contributed by atoms with Crippen LogP contribution in [0.15, 0.2) is 17.6 Å². The molecular weight excluding hydrogens is 405 g/mol. The summed E-state index contributed by atoms with van der Waals surface area (Å²) in [7, 11) is 3.45. The Morgan fingerprint density at radius 2 is 1.74 bits per heavy atom. The van der Waals surface area contributed by atoms with Crippen molar-refractivity contribution in [1.82, 2.24) is 20.4 Å². The predicted molar refractivity (Wildman–Crippen MR) is 110 cm³/mol. The van der Waals surface area contributed by atoms with Gasteiger partial charge in [-0.2, -0.15) is 0 Å². The van der Waals surface area contributed by atoms with Gasteiger partial charge >= 0.3 is 0 Å². The van der Waals surface area contributed by atoms with Crippen LogP contribution in [-0.4, -0.2) is 74.0 Å². The second-order valence-electron chi connectivity index (χ2n) is 5.97. The van der Waals surface area contributed by atoms with Crippen molar-refractivity contribution in [2.24, 2.45) is 4.99 Å². The zero-order valence-electron chi connectivity index (χ0n) is 15.4. The second kappa shape index (κ2) is 13.6. The molecule has 0 aliphatic rings. The summed E-state index contributed by atoms with van der Waals surface area (Å²) in [5.74, 6) is 0.619. The summed E-state index contributed by atoms with van der Waals surface area (Å²) in [6, 6.07) is 0.997. The highest BCUT2D eigenvalue weighted by molar-refractivity contribution is 14.0. The number of amides is 1. The number of carbonyl (C=O) groups is 1. The molecule has 0 spiro atoms. The lowest BCUT2D eigenvalue weighted by Crippen LogP contribution is -2.45. The number of nitrogens with one attached hydrogen (secondary N) is 2. The fraction of sp³-hybridized carbons (Fsp3) is 0.750. The van der Waals surface area contributed by atoms with Crippen molar-refractivity contribution in [3.05, 3.63) is 12.7 Å². The Labute approximate surface area is 158 Å². The van der Waals surface area contributed by atoms with Crippen LogP contribution in [0.1, 0.15) is 27.7 Å². The van der Waals surface area contributed by atoms with Gasteiger partial charge in [0, 0.05) is 45.8 Å². The zero-order chi connectivity index (χ0) is 17.1. The molecule has 0 saturated heterocycles. The molecular formula is C16H34IN5O. The van der Waals surface area contributed by atoms with E-state index >= 15 is 0 Å². The number of nitrogens with zero attached hydrogens (tertiary/aromatic N) is 3. The Hall–Kier alpha value is -0.830. The van der Waals surface area contributed by atoms with Crippen molar-refractivity contribution in [3.63, 3.8) is 0 Å². The molecule has 2 N–H and O–H groups in total. The normalized spacial score (nSPS) is 11.4. The number of hydrogen-bond acceptors (Lipinski definition) is 3. The van der Waals surface area contributed by atoms with Gasteiger partial charge in [0.15, 0.2) is 5.96 Å². The molecule has 0 fully saturated rings. The van der Waals surface area contributed by atoms with E-state index < -0.39 is 0 Å². The maximum Gasteiger partial charge on any atom is 0.243 e. The smallest absolute Gasteiger partial charge is 0.243 e. The van der Waals surface area contributed by atoms with E-state index in [9.17, 15) is 4.79 Å². The summed E-state index contributed by atoms with van der Waals surface area (Å²) in [5, 5.41) is 6.40. The van der Waals surface area contributed by atoms with E-state index in [0.29, 0.717) is 24.6 Å². The van der Waals surface area contributed by atoms with Crippen LogP contribution in [0.4, 0.5) is 0 Å². The first-order valence-electron chi connectivity index (χ1n) is 7.88. The highest BCUT2D eigenvalue weighted by Gasteiger charge is 2.12. The Kier molecular flexibility index (Phi) is 14.4. The van der Waals surface area contributed by atoms with Crippen molar-refractivity contribution in [2.45, 2.75) is 39.8 Å². The molecule has 136 valence electrons. The summed E-state index contributed by atoms with van der Waals surface area (Å²) in [6.45, 7) is 14.9. The SMILES string of the molecule is C=CCNC(=NCC(=O)N(C)C)NCCN(C(C)C)C(C)C.I. The highest BCUT2D eigenvalue weighted by atomic mass is 127. The fourth-order valence-electron chi connectivity index (χ4n) is 2.05. The topological polar surface area (TPSA) is 60.0 Å². The molecule has 6 nitrogen and oxygen atoms in total. The number of guanidine groups is 1. The molecule has 0 heterocycles. The summed E-state index contributed by atoms with van der Waals surface area (Å²) in [4.78, 5) is 19.9. The van der Waals surface area contributed by atoms with Gasteiger partial charge in [0.1, 0.15) is 6.54 Å². The molecule has 0 aromatic heterocycles. The fourth-order valence-corrected chi connectivity index (χ4v) is 2.05. The summed E-state index contributed by atoms with van der Waals surface area (Å²) in [5.41, 5.74) is 0. The van der Waals surface area contributed by atoms with Crippen molar-refractivity contribution in [3.8, 4) is 0 Å². The minimum Gasteiger partial charge on any atom is -0.355 e. The molecule has 0 radical (unpaired) electrons. The van der Waals surface area contributed by atoms with Crippen molar-refractivity contribution >= 4 is 35.8 Å². The Morgan fingerprint density at radius 3 is 2.17 bits per heavy atom. The van der Waals surface area contributed by atoms with E-state index in [1.807, 2.05) is 0 Å². The van der Waals surface area contributed by atoms with Gasteiger partial charge in [-0.1, -0.05) is 6.08 Å². The molecule has 0 aromatic rings. The molecule has 0 atom stereocenters. The van der Waals surface area contributed by atoms with Crippen LogP contribution in [0.25, 0.3) is 0 Å². The van der Waals surface area contributed by atoms with E-state index in [1.165, 1.54) is 4.90 Å². The lowest BCUT2D eigenvalue weighted by atomic mass is 10.2. The van der Waals surface area contributed by atoms with Gasteiger partial charge in [-0.05, 0) is 27.7 Å². The number of aliphatic imine (C=N–C) groups is 1. The number of rotatable bonds is 9. The molecule has 0 bridgehead atoms. The van der Waals surface area contributed by atoms with Crippen molar-refractivity contribution in [1.29, 1.82) is 0 Å². The third kappa shape index (κ3) is 11.4. The van der Waals surface area contributed by atoms with Crippen LogP contribution in [0, 0.1) is 0 Å².